The van der Waals surface area contributed by atoms with E-state index in [1.54, 1.807) is 13.1 Å². The zero-order chi connectivity index (χ0) is 11.4. The summed E-state index contributed by atoms with van der Waals surface area (Å²) in [7, 11) is 0. The highest BCUT2D eigenvalue weighted by Crippen LogP contribution is 2.21. The van der Waals surface area contributed by atoms with Crippen molar-refractivity contribution < 1.29 is 4.92 Å². The van der Waals surface area contributed by atoms with Gasteiger partial charge in [0.25, 0.3) is 0 Å². The molecule has 1 heterocycles. The molecule has 0 amide bonds. The minimum absolute atomic E-state index is 0.0179. The van der Waals surface area contributed by atoms with E-state index in [2.05, 4.69) is 10.3 Å². The Morgan fingerprint density at radius 2 is 2.40 bits per heavy atom. The van der Waals surface area contributed by atoms with Crippen LogP contribution in [0.2, 0.25) is 0 Å². The molecule has 0 aliphatic rings. The maximum atomic E-state index is 10.7. The SMILES string of the molecule is Cc1cnc(NCC(C)N)c([N+](=O)[O-])c1. The summed E-state index contributed by atoms with van der Waals surface area (Å²) in [5, 5.41) is 13.6. The number of nitrogens with one attached hydrogen (secondary N) is 1. The minimum atomic E-state index is -0.455. The molecule has 0 spiro atoms. The first-order chi connectivity index (χ1) is 7.00. The van der Waals surface area contributed by atoms with Gasteiger partial charge in [-0.2, -0.15) is 0 Å². The van der Waals surface area contributed by atoms with Crippen LogP contribution in [0.1, 0.15) is 12.5 Å². The fourth-order valence-corrected chi connectivity index (χ4v) is 1.09. The number of anilines is 1. The Balaban J connectivity index is 2.91. The van der Waals surface area contributed by atoms with Gasteiger partial charge < -0.3 is 11.1 Å². The zero-order valence-electron chi connectivity index (χ0n) is 8.73. The van der Waals surface area contributed by atoms with Gasteiger partial charge in [0.05, 0.1) is 4.92 Å². The van der Waals surface area contributed by atoms with E-state index in [0.29, 0.717) is 6.54 Å². The van der Waals surface area contributed by atoms with Crippen molar-refractivity contribution >= 4 is 11.5 Å². The van der Waals surface area contributed by atoms with Gasteiger partial charge >= 0.3 is 5.69 Å². The van der Waals surface area contributed by atoms with Crippen LogP contribution < -0.4 is 11.1 Å². The summed E-state index contributed by atoms with van der Waals surface area (Å²) >= 11 is 0. The predicted molar refractivity (Wildman–Crippen MR) is 57.8 cm³/mol. The molecular formula is C9H14N4O2. The molecule has 6 nitrogen and oxygen atoms in total. The number of aryl methyl sites for hydroxylation is 1. The number of nitro groups is 1. The quantitative estimate of drug-likeness (QED) is 0.572. The molecule has 0 radical (unpaired) electrons. The van der Waals surface area contributed by atoms with Crippen molar-refractivity contribution in [3.05, 3.63) is 27.9 Å². The predicted octanol–water partition coefficient (Wildman–Crippen LogP) is 1.06. The summed E-state index contributed by atoms with van der Waals surface area (Å²) in [5.74, 6) is 0.267. The van der Waals surface area contributed by atoms with Gasteiger partial charge in [-0.3, -0.25) is 10.1 Å². The second kappa shape index (κ2) is 4.70. The first-order valence-electron chi connectivity index (χ1n) is 4.61. The Hall–Kier alpha value is -1.69. The van der Waals surface area contributed by atoms with Gasteiger partial charge in [-0.15, -0.1) is 0 Å². The van der Waals surface area contributed by atoms with Gasteiger partial charge in [0.2, 0.25) is 5.82 Å². The Morgan fingerprint density at radius 3 is 2.93 bits per heavy atom. The van der Waals surface area contributed by atoms with Crippen molar-refractivity contribution in [2.45, 2.75) is 19.9 Å². The third-order valence-electron chi connectivity index (χ3n) is 1.79. The molecule has 0 fully saturated rings. The Kier molecular flexibility index (Phi) is 3.56. The topological polar surface area (TPSA) is 94.1 Å². The summed E-state index contributed by atoms with van der Waals surface area (Å²) in [5.41, 5.74) is 6.28. The molecule has 1 atom stereocenters. The van der Waals surface area contributed by atoms with Crippen LogP contribution in [-0.4, -0.2) is 22.5 Å². The summed E-state index contributed by atoms with van der Waals surface area (Å²) in [6, 6.07) is 1.41. The highest BCUT2D eigenvalue weighted by molar-refractivity contribution is 5.56. The maximum Gasteiger partial charge on any atom is 0.311 e. The Labute approximate surface area is 87.7 Å². The molecule has 1 rings (SSSR count). The molecule has 0 aliphatic heterocycles. The highest BCUT2D eigenvalue weighted by Gasteiger charge is 2.14. The molecule has 1 aromatic heterocycles. The zero-order valence-corrected chi connectivity index (χ0v) is 8.73. The van der Waals surface area contributed by atoms with E-state index < -0.39 is 4.92 Å². The number of nitrogens with zero attached hydrogens (tertiary/aromatic N) is 2. The Morgan fingerprint density at radius 1 is 1.73 bits per heavy atom. The third kappa shape index (κ3) is 3.17. The molecule has 0 aromatic carbocycles. The van der Waals surface area contributed by atoms with Crippen molar-refractivity contribution in [1.29, 1.82) is 0 Å². The lowest BCUT2D eigenvalue weighted by Gasteiger charge is -2.08. The standard InChI is InChI=1S/C9H14N4O2/c1-6-3-8(13(14)15)9(11-4-6)12-5-7(2)10/h3-4,7H,5,10H2,1-2H3,(H,11,12). The van der Waals surface area contributed by atoms with Gasteiger partial charge in [-0.05, 0) is 19.4 Å². The van der Waals surface area contributed by atoms with E-state index in [4.69, 9.17) is 5.73 Å². The molecule has 6 heteroatoms. The van der Waals surface area contributed by atoms with Crippen molar-refractivity contribution in [2.24, 2.45) is 5.73 Å². The molecule has 1 unspecified atom stereocenters. The van der Waals surface area contributed by atoms with Crippen LogP contribution in [0.3, 0.4) is 0 Å². The van der Waals surface area contributed by atoms with Gasteiger partial charge in [0.15, 0.2) is 0 Å². The second-order valence-corrected chi connectivity index (χ2v) is 3.50. The molecule has 0 aliphatic carbocycles. The average Bonchev–Trinajstić information content (AvgIpc) is 2.15. The first-order valence-corrected chi connectivity index (χ1v) is 4.61. The van der Waals surface area contributed by atoms with Crippen LogP contribution >= 0.6 is 0 Å². The first kappa shape index (κ1) is 11.4. The largest absolute Gasteiger partial charge is 0.363 e. The number of pyridine rings is 1. The van der Waals surface area contributed by atoms with Gasteiger partial charge in [0, 0.05) is 24.8 Å². The highest BCUT2D eigenvalue weighted by atomic mass is 16.6. The van der Waals surface area contributed by atoms with Crippen LogP contribution in [0.25, 0.3) is 0 Å². The molecule has 0 saturated heterocycles. The molecule has 0 saturated carbocycles. The minimum Gasteiger partial charge on any atom is -0.363 e. The van der Waals surface area contributed by atoms with E-state index in [1.165, 1.54) is 6.07 Å². The van der Waals surface area contributed by atoms with Crippen molar-refractivity contribution in [3.63, 3.8) is 0 Å². The van der Waals surface area contributed by atoms with Crippen LogP contribution in [0.4, 0.5) is 11.5 Å². The third-order valence-corrected chi connectivity index (χ3v) is 1.79. The number of rotatable bonds is 4. The van der Waals surface area contributed by atoms with Crippen LogP contribution in [-0.2, 0) is 0 Å². The summed E-state index contributed by atoms with van der Waals surface area (Å²) in [4.78, 5) is 14.2. The maximum absolute atomic E-state index is 10.7. The summed E-state index contributed by atoms with van der Waals surface area (Å²) in [6.45, 7) is 4.03. The lowest BCUT2D eigenvalue weighted by Crippen LogP contribution is -2.25. The van der Waals surface area contributed by atoms with E-state index in [0.717, 1.165) is 5.56 Å². The Bertz CT molecular complexity index is 365. The van der Waals surface area contributed by atoms with Gasteiger partial charge in [-0.1, -0.05) is 0 Å². The van der Waals surface area contributed by atoms with E-state index in [-0.39, 0.29) is 17.5 Å². The number of aromatic nitrogens is 1. The van der Waals surface area contributed by atoms with Crippen LogP contribution in [0, 0.1) is 17.0 Å². The fraction of sp³-hybridized carbons (Fsp3) is 0.444. The summed E-state index contributed by atoms with van der Waals surface area (Å²) < 4.78 is 0. The molecular weight excluding hydrogens is 196 g/mol. The smallest absolute Gasteiger partial charge is 0.311 e. The van der Waals surface area contributed by atoms with E-state index in [9.17, 15) is 10.1 Å². The average molecular weight is 210 g/mol. The lowest BCUT2D eigenvalue weighted by molar-refractivity contribution is -0.384. The number of hydrogen-bond donors (Lipinski definition) is 2. The lowest BCUT2D eigenvalue weighted by atomic mass is 10.3. The van der Waals surface area contributed by atoms with Crippen LogP contribution in [0.5, 0.6) is 0 Å². The summed E-state index contributed by atoms with van der Waals surface area (Å²) in [6.07, 6.45) is 1.58. The second-order valence-electron chi connectivity index (χ2n) is 3.50. The number of nitrogens with two attached hydrogens (primary N) is 1. The molecule has 15 heavy (non-hydrogen) atoms. The fourth-order valence-electron chi connectivity index (χ4n) is 1.09. The molecule has 82 valence electrons. The number of hydrogen-bond acceptors (Lipinski definition) is 5. The van der Waals surface area contributed by atoms with Crippen molar-refractivity contribution in [3.8, 4) is 0 Å². The van der Waals surface area contributed by atoms with Crippen molar-refractivity contribution in [1.82, 2.24) is 4.98 Å². The van der Waals surface area contributed by atoms with Crippen molar-refractivity contribution in [2.75, 3.05) is 11.9 Å². The van der Waals surface area contributed by atoms with Gasteiger partial charge in [-0.25, -0.2) is 4.98 Å². The monoisotopic (exact) mass is 210 g/mol. The molecule has 3 N–H and O–H groups in total. The van der Waals surface area contributed by atoms with E-state index in [1.807, 2.05) is 6.92 Å². The molecule has 0 bridgehead atoms. The molecule has 1 aromatic rings. The van der Waals surface area contributed by atoms with E-state index >= 15 is 0 Å². The van der Waals surface area contributed by atoms with Gasteiger partial charge in [0.1, 0.15) is 0 Å². The normalized spacial score (nSPS) is 12.2. The van der Waals surface area contributed by atoms with Crippen LogP contribution in [0.15, 0.2) is 12.3 Å².